The molecule has 0 saturated heterocycles. The van der Waals surface area contributed by atoms with Crippen molar-refractivity contribution < 1.29 is 4.79 Å². The first-order valence-corrected chi connectivity index (χ1v) is 9.35. The first-order valence-electron chi connectivity index (χ1n) is 8.54. The molecule has 1 aromatic heterocycles. The van der Waals surface area contributed by atoms with Crippen LogP contribution in [0.15, 0.2) is 18.2 Å². The zero-order valence-electron chi connectivity index (χ0n) is 13.8. The van der Waals surface area contributed by atoms with Crippen LogP contribution in [-0.4, -0.2) is 16.9 Å². The van der Waals surface area contributed by atoms with Crippen molar-refractivity contribution >= 4 is 45.0 Å². The lowest BCUT2D eigenvalue weighted by atomic mass is 9.65. The number of rotatable bonds is 2. The third kappa shape index (κ3) is 3.30. The number of aromatic nitrogens is 1. The smallest absolute Gasteiger partial charge is 0.229 e. The number of carbonyl (C=O) groups excluding carboxylic acids is 1. The van der Waals surface area contributed by atoms with Crippen LogP contribution in [0.5, 0.6) is 0 Å². The summed E-state index contributed by atoms with van der Waals surface area (Å²) < 4.78 is 1.13. The molecule has 130 valence electrons. The van der Waals surface area contributed by atoms with Crippen molar-refractivity contribution in [1.29, 1.82) is 0 Å². The number of halogens is 1. The molecular weight excluding hydrogens is 342 g/mol. The number of nitrogens with zero attached hydrogens (tertiary/aromatic N) is 1. The Hall–Kier alpha value is -1.17. The van der Waals surface area contributed by atoms with Crippen LogP contribution in [-0.2, 0) is 4.79 Å². The van der Waals surface area contributed by atoms with E-state index in [1.807, 2.05) is 6.07 Å². The fourth-order valence-corrected chi connectivity index (χ4v) is 5.26. The lowest BCUT2D eigenvalue weighted by Crippen LogP contribution is -2.48. The molecule has 2 aliphatic rings. The summed E-state index contributed by atoms with van der Waals surface area (Å²) in [4.78, 5) is 17.2. The number of fused-ring (bicyclic) bond motifs is 3. The van der Waals surface area contributed by atoms with Crippen molar-refractivity contribution in [1.82, 2.24) is 4.98 Å². The van der Waals surface area contributed by atoms with Gasteiger partial charge in [0.1, 0.15) is 0 Å². The van der Waals surface area contributed by atoms with Gasteiger partial charge >= 0.3 is 0 Å². The molecule has 2 aromatic rings. The molecule has 2 unspecified atom stereocenters. The standard InChI is InChI=1S/C18H23N3OS.ClH/c1-10-5-6-14-15(7-10)23-18(20-14)21-17(22)13-8-11-3-2-4-12(9-13)16(11)19;/h5-7,11-13,16H,2-4,8-9,19H2,1H3,(H,20,21,22);1H. The predicted molar refractivity (Wildman–Crippen MR) is 102 cm³/mol. The molecule has 4 nitrogen and oxygen atoms in total. The van der Waals surface area contributed by atoms with Crippen LogP contribution >= 0.6 is 23.7 Å². The summed E-state index contributed by atoms with van der Waals surface area (Å²) in [5.74, 6) is 1.27. The number of amides is 1. The van der Waals surface area contributed by atoms with E-state index in [-0.39, 0.29) is 24.2 Å². The van der Waals surface area contributed by atoms with E-state index in [2.05, 4.69) is 29.4 Å². The van der Waals surface area contributed by atoms with Gasteiger partial charge in [-0.1, -0.05) is 23.8 Å². The zero-order chi connectivity index (χ0) is 16.0. The Labute approximate surface area is 152 Å². The molecule has 2 fully saturated rings. The highest BCUT2D eigenvalue weighted by Gasteiger charge is 2.40. The molecule has 0 radical (unpaired) electrons. The maximum absolute atomic E-state index is 12.7. The molecule has 0 aliphatic heterocycles. The van der Waals surface area contributed by atoms with E-state index in [0.29, 0.717) is 17.9 Å². The molecule has 2 atom stereocenters. The number of nitrogens with one attached hydrogen (secondary N) is 1. The first-order chi connectivity index (χ1) is 11.1. The lowest BCUT2D eigenvalue weighted by Gasteiger charge is -2.43. The number of carbonyl (C=O) groups is 1. The average molecular weight is 366 g/mol. The first kappa shape index (κ1) is 17.6. The molecule has 1 heterocycles. The maximum Gasteiger partial charge on any atom is 0.229 e. The second kappa shape index (κ2) is 6.98. The molecule has 2 bridgehead atoms. The fraction of sp³-hybridized carbons (Fsp3) is 0.556. The third-order valence-corrected chi connectivity index (χ3v) is 6.49. The van der Waals surface area contributed by atoms with E-state index < -0.39 is 0 Å². The van der Waals surface area contributed by atoms with E-state index in [0.717, 1.165) is 28.2 Å². The van der Waals surface area contributed by atoms with Gasteiger partial charge in [-0.2, -0.15) is 0 Å². The quantitative estimate of drug-likeness (QED) is 0.841. The van der Waals surface area contributed by atoms with Crippen LogP contribution in [0.25, 0.3) is 10.2 Å². The molecule has 24 heavy (non-hydrogen) atoms. The summed E-state index contributed by atoms with van der Waals surface area (Å²) in [5, 5.41) is 3.77. The van der Waals surface area contributed by atoms with Gasteiger partial charge in [-0.25, -0.2) is 4.98 Å². The Morgan fingerprint density at radius 3 is 2.71 bits per heavy atom. The highest BCUT2D eigenvalue weighted by molar-refractivity contribution is 7.22. The molecule has 2 saturated carbocycles. The number of nitrogens with two attached hydrogens (primary N) is 1. The van der Waals surface area contributed by atoms with E-state index in [1.165, 1.54) is 24.8 Å². The Balaban J connectivity index is 0.00000169. The Morgan fingerprint density at radius 1 is 1.29 bits per heavy atom. The number of benzene rings is 1. The van der Waals surface area contributed by atoms with Gasteiger partial charge in [0.15, 0.2) is 5.13 Å². The van der Waals surface area contributed by atoms with Crippen LogP contribution in [0, 0.1) is 24.7 Å². The zero-order valence-corrected chi connectivity index (χ0v) is 15.5. The van der Waals surface area contributed by atoms with Crippen LogP contribution < -0.4 is 11.1 Å². The highest BCUT2D eigenvalue weighted by atomic mass is 35.5. The number of hydrogen-bond acceptors (Lipinski definition) is 4. The average Bonchev–Trinajstić information content (AvgIpc) is 2.88. The van der Waals surface area contributed by atoms with E-state index >= 15 is 0 Å². The Kier molecular flexibility index (Phi) is 5.13. The van der Waals surface area contributed by atoms with Crippen molar-refractivity contribution in [3.05, 3.63) is 23.8 Å². The van der Waals surface area contributed by atoms with Gasteiger partial charge in [0, 0.05) is 12.0 Å². The number of aryl methyl sites for hydroxylation is 1. The van der Waals surface area contributed by atoms with Crippen LogP contribution in [0.4, 0.5) is 5.13 Å². The van der Waals surface area contributed by atoms with Gasteiger partial charge in [0.25, 0.3) is 0 Å². The minimum absolute atomic E-state index is 0. The van der Waals surface area contributed by atoms with E-state index in [9.17, 15) is 4.79 Å². The van der Waals surface area contributed by atoms with Gasteiger partial charge in [-0.3, -0.25) is 4.79 Å². The monoisotopic (exact) mass is 365 g/mol. The molecule has 0 spiro atoms. The largest absolute Gasteiger partial charge is 0.327 e. The number of hydrogen-bond donors (Lipinski definition) is 2. The van der Waals surface area contributed by atoms with Crippen molar-refractivity contribution in [2.45, 2.75) is 45.1 Å². The number of thiazole rings is 1. The van der Waals surface area contributed by atoms with E-state index in [1.54, 1.807) is 11.3 Å². The van der Waals surface area contributed by atoms with Crippen molar-refractivity contribution in [3.63, 3.8) is 0 Å². The molecule has 4 rings (SSSR count). The van der Waals surface area contributed by atoms with Crippen LogP contribution in [0.3, 0.4) is 0 Å². The molecule has 1 amide bonds. The van der Waals surface area contributed by atoms with E-state index in [4.69, 9.17) is 5.73 Å². The topological polar surface area (TPSA) is 68.0 Å². The number of anilines is 1. The summed E-state index contributed by atoms with van der Waals surface area (Å²) in [5.41, 5.74) is 8.50. The summed E-state index contributed by atoms with van der Waals surface area (Å²) in [6.45, 7) is 2.07. The Morgan fingerprint density at radius 2 is 2.00 bits per heavy atom. The summed E-state index contributed by atoms with van der Waals surface area (Å²) in [6.07, 6.45) is 5.51. The molecule has 6 heteroatoms. The van der Waals surface area contributed by atoms with Gasteiger partial charge in [-0.15, -0.1) is 12.4 Å². The van der Waals surface area contributed by atoms with Crippen molar-refractivity contribution in [3.8, 4) is 0 Å². The second-order valence-corrected chi connectivity index (χ2v) is 8.21. The third-order valence-electron chi connectivity index (χ3n) is 5.56. The predicted octanol–water partition coefficient (Wildman–Crippen LogP) is 4.12. The fourth-order valence-electron chi connectivity index (χ4n) is 4.30. The molecule has 3 N–H and O–H groups in total. The van der Waals surface area contributed by atoms with Gasteiger partial charge in [0.05, 0.1) is 10.2 Å². The van der Waals surface area contributed by atoms with Crippen molar-refractivity contribution in [2.24, 2.45) is 23.5 Å². The van der Waals surface area contributed by atoms with Crippen molar-refractivity contribution in [2.75, 3.05) is 5.32 Å². The highest BCUT2D eigenvalue weighted by Crippen LogP contribution is 2.42. The SMILES string of the molecule is Cc1ccc2nc(NC(=O)C3CC4CCCC(C3)C4N)sc2c1.Cl. The molecule has 2 aliphatic carbocycles. The maximum atomic E-state index is 12.7. The second-order valence-electron chi connectivity index (χ2n) is 7.18. The summed E-state index contributed by atoms with van der Waals surface area (Å²) in [6, 6.07) is 6.49. The van der Waals surface area contributed by atoms with Crippen LogP contribution in [0.2, 0.25) is 0 Å². The Bertz CT molecular complexity index is 733. The van der Waals surface area contributed by atoms with Gasteiger partial charge in [-0.05, 0) is 62.1 Å². The summed E-state index contributed by atoms with van der Waals surface area (Å²) in [7, 11) is 0. The molecular formula is C18H24ClN3OS. The van der Waals surface area contributed by atoms with Gasteiger partial charge < -0.3 is 11.1 Å². The normalized spacial score (nSPS) is 29.1. The molecule has 1 aromatic carbocycles. The lowest BCUT2D eigenvalue weighted by molar-refractivity contribution is -0.122. The minimum Gasteiger partial charge on any atom is -0.327 e. The minimum atomic E-state index is 0. The van der Waals surface area contributed by atoms with Gasteiger partial charge in [0.2, 0.25) is 5.91 Å². The van der Waals surface area contributed by atoms with Crippen LogP contribution in [0.1, 0.15) is 37.7 Å². The summed E-state index contributed by atoms with van der Waals surface area (Å²) >= 11 is 1.56.